The first-order valence-corrected chi connectivity index (χ1v) is 11.7. The molecule has 1 aromatic heterocycles. The van der Waals surface area contributed by atoms with Crippen LogP contribution in [0.25, 0.3) is 0 Å². The number of aromatic amines is 1. The number of hydrogen-bond donors (Lipinski definition) is 2. The summed E-state index contributed by atoms with van der Waals surface area (Å²) in [5.41, 5.74) is 2.43. The first-order chi connectivity index (χ1) is 13.8. The maximum absolute atomic E-state index is 13.1. The number of aromatic nitrogens is 2. The molecular formula is C20H27ClN4O3S. The summed E-state index contributed by atoms with van der Waals surface area (Å²) in [6.45, 7) is 5.44. The molecule has 1 fully saturated rings. The van der Waals surface area contributed by atoms with Crippen molar-refractivity contribution in [1.82, 2.24) is 19.8 Å². The van der Waals surface area contributed by atoms with Gasteiger partial charge in [-0.1, -0.05) is 18.5 Å². The van der Waals surface area contributed by atoms with Crippen LogP contribution < -0.4 is 5.32 Å². The zero-order valence-corrected chi connectivity index (χ0v) is 18.3. The standard InChI is InChI=1S/C20H27ClN4O3S/c1-14-5-4-10-25(13-14)29(27,28)19-11-16(7-8-18(19)21)20(26)22-9-3-6-17-12-23-24-15(17)2/h7-8,11-12,14H,3-6,9-10,13H2,1-2H3,(H,22,26)(H,23,24). The smallest absolute Gasteiger partial charge is 0.251 e. The molecule has 0 aliphatic carbocycles. The maximum atomic E-state index is 13.1. The van der Waals surface area contributed by atoms with Gasteiger partial charge in [0, 0.05) is 30.9 Å². The first-order valence-electron chi connectivity index (χ1n) is 9.86. The highest BCUT2D eigenvalue weighted by atomic mass is 35.5. The van der Waals surface area contributed by atoms with Crippen molar-refractivity contribution < 1.29 is 13.2 Å². The summed E-state index contributed by atoms with van der Waals surface area (Å²) in [5.74, 6) is -0.00306. The van der Waals surface area contributed by atoms with Gasteiger partial charge in [0.15, 0.2) is 0 Å². The summed E-state index contributed by atoms with van der Waals surface area (Å²) >= 11 is 6.19. The fourth-order valence-corrected chi connectivity index (χ4v) is 5.66. The van der Waals surface area contributed by atoms with Crippen LogP contribution in [0.5, 0.6) is 0 Å². The van der Waals surface area contributed by atoms with E-state index in [1.807, 2.05) is 13.8 Å². The van der Waals surface area contributed by atoms with E-state index in [4.69, 9.17) is 11.6 Å². The van der Waals surface area contributed by atoms with Crippen LogP contribution in [-0.4, -0.2) is 48.5 Å². The highest BCUT2D eigenvalue weighted by molar-refractivity contribution is 7.89. The van der Waals surface area contributed by atoms with E-state index >= 15 is 0 Å². The molecule has 7 nitrogen and oxygen atoms in total. The Morgan fingerprint density at radius 1 is 1.41 bits per heavy atom. The Morgan fingerprint density at radius 2 is 2.21 bits per heavy atom. The molecule has 2 N–H and O–H groups in total. The van der Waals surface area contributed by atoms with E-state index in [-0.39, 0.29) is 21.4 Å². The molecule has 1 aliphatic rings. The summed E-state index contributed by atoms with van der Waals surface area (Å²) < 4.78 is 27.6. The molecule has 0 bridgehead atoms. The monoisotopic (exact) mass is 438 g/mol. The average molecular weight is 439 g/mol. The number of piperidine rings is 1. The minimum Gasteiger partial charge on any atom is -0.352 e. The number of nitrogens with one attached hydrogen (secondary N) is 2. The predicted molar refractivity (Wildman–Crippen MR) is 113 cm³/mol. The Morgan fingerprint density at radius 3 is 2.90 bits per heavy atom. The largest absolute Gasteiger partial charge is 0.352 e. The lowest BCUT2D eigenvalue weighted by atomic mass is 10.0. The number of hydrogen-bond acceptors (Lipinski definition) is 4. The second kappa shape index (κ2) is 9.28. The quantitative estimate of drug-likeness (QED) is 0.649. The Kier molecular flexibility index (Phi) is 6.97. The molecule has 0 saturated carbocycles. The number of halogens is 1. The number of aryl methyl sites for hydroxylation is 2. The molecule has 3 rings (SSSR count). The van der Waals surface area contributed by atoms with Crippen LogP contribution in [-0.2, 0) is 16.4 Å². The van der Waals surface area contributed by atoms with Crippen LogP contribution >= 0.6 is 11.6 Å². The third-order valence-corrected chi connectivity index (χ3v) is 7.62. The molecule has 1 amide bonds. The van der Waals surface area contributed by atoms with Gasteiger partial charge in [-0.3, -0.25) is 9.89 Å². The van der Waals surface area contributed by atoms with Gasteiger partial charge in [0.2, 0.25) is 10.0 Å². The van der Waals surface area contributed by atoms with E-state index in [0.29, 0.717) is 25.6 Å². The van der Waals surface area contributed by atoms with Crippen molar-refractivity contribution >= 4 is 27.5 Å². The van der Waals surface area contributed by atoms with E-state index in [2.05, 4.69) is 15.5 Å². The third-order valence-electron chi connectivity index (χ3n) is 5.27. The van der Waals surface area contributed by atoms with E-state index in [1.165, 1.54) is 16.4 Å². The van der Waals surface area contributed by atoms with Crippen molar-refractivity contribution in [2.45, 2.75) is 44.4 Å². The summed E-state index contributed by atoms with van der Waals surface area (Å²) in [5, 5.41) is 9.85. The van der Waals surface area contributed by atoms with Crippen LogP contribution in [0.3, 0.4) is 0 Å². The molecule has 2 aromatic rings. The van der Waals surface area contributed by atoms with Gasteiger partial charge < -0.3 is 5.32 Å². The number of sulfonamides is 1. The van der Waals surface area contributed by atoms with Crippen molar-refractivity contribution in [3.8, 4) is 0 Å². The van der Waals surface area contributed by atoms with Crippen molar-refractivity contribution in [2.75, 3.05) is 19.6 Å². The molecule has 9 heteroatoms. The maximum Gasteiger partial charge on any atom is 0.251 e. The molecule has 0 spiro atoms. The average Bonchev–Trinajstić information content (AvgIpc) is 3.10. The predicted octanol–water partition coefficient (Wildman–Crippen LogP) is 3.15. The van der Waals surface area contributed by atoms with Gasteiger partial charge in [0.1, 0.15) is 4.90 Å². The molecule has 1 saturated heterocycles. The third kappa shape index (κ3) is 5.18. The molecule has 1 unspecified atom stereocenters. The van der Waals surface area contributed by atoms with E-state index in [0.717, 1.165) is 36.9 Å². The van der Waals surface area contributed by atoms with Gasteiger partial charge in [0.25, 0.3) is 5.91 Å². The molecule has 1 aromatic carbocycles. The second-order valence-corrected chi connectivity index (χ2v) is 9.95. The minimum atomic E-state index is -3.73. The number of H-pyrrole nitrogens is 1. The molecule has 29 heavy (non-hydrogen) atoms. The zero-order valence-electron chi connectivity index (χ0n) is 16.7. The molecule has 158 valence electrons. The van der Waals surface area contributed by atoms with E-state index < -0.39 is 10.0 Å². The number of nitrogens with zero attached hydrogens (tertiary/aromatic N) is 2. The van der Waals surface area contributed by atoms with Crippen LogP contribution in [0, 0.1) is 12.8 Å². The van der Waals surface area contributed by atoms with Crippen LogP contribution in [0.4, 0.5) is 0 Å². The molecule has 2 heterocycles. The molecule has 0 radical (unpaired) electrons. The number of carbonyl (C=O) groups excluding carboxylic acids is 1. The topological polar surface area (TPSA) is 95.2 Å². The molecular weight excluding hydrogens is 412 g/mol. The van der Waals surface area contributed by atoms with Crippen LogP contribution in [0.15, 0.2) is 29.3 Å². The van der Waals surface area contributed by atoms with E-state index in [1.54, 1.807) is 12.3 Å². The number of benzene rings is 1. The summed E-state index contributed by atoms with van der Waals surface area (Å²) in [4.78, 5) is 12.5. The van der Waals surface area contributed by atoms with Crippen LogP contribution in [0.2, 0.25) is 5.02 Å². The Balaban J connectivity index is 1.66. The number of rotatable bonds is 7. The highest BCUT2D eigenvalue weighted by Gasteiger charge is 2.30. The van der Waals surface area contributed by atoms with Crippen molar-refractivity contribution in [1.29, 1.82) is 0 Å². The number of carbonyl (C=O) groups is 1. The van der Waals surface area contributed by atoms with E-state index in [9.17, 15) is 13.2 Å². The van der Waals surface area contributed by atoms with Crippen LogP contribution in [0.1, 0.15) is 47.8 Å². The van der Waals surface area contributed by atoms with Gasteiger partial charge >= 0.3 is 0 Å². The Labute approximate surface area is 176 Å². The lowest BCUT2D eigenvalue weighted by Gasteiger charge is -2.30. The zero-order chi connectivity index (χ0) is 21.0. The Hall–Kier alpha value is -1.90. The summed E-state index contributed by atoms with van der Waals surface area (Å²) in [6, 6.07) is 4.41. The Bertz CT molecular complexity index is 974. The van der Waals surface area contributed by atoms with Gasteiger partial charge in [-0.05, 0) is 62.3 Å². The fourth-order valence-electron chi connectivity index (χ4n) is 3.56. The lowest BCUT2D eigenvalue weighted by molar-refractivity contribution is 0.0953. The van der Waals surface area contributed by atoms with Gasteiger partial charge in [-0.2, -0.15) is 9.40 Å². The fraction of sp³-hybridized carbons (Fsp3) is 0.500. The highest BCUT2D eigenvalue weighted by Crippen LogP contribution is 2.29. The van der Waals surface area contributed by atoms with Gasteiger partial charge in [-0.25, -0.2) is 8.42 Å². The minimum absolute atomic E-state index is 0.00469. The SMILES string of the molecule is Cc1[nH]ncc1CCCNC(=O)c1ccc(Cl)c(S(=O)(=O)N2CCCC(C)C2)c1. The van der Waals surface area contributed by atoms with Crippen molar-refractivity contribution in [2.24, 2.45) is 5.92 Å². The van der Waals surface area contributed by atoms with Crippen molar-refractivity contribution in [3.63, 3.8) is 0 Å². The second-order valence-electron chi connectivity index (χ2n) is 7.64. The number of amides is 1. The summed E-state index contributed by atoms with van der Waals surface area (Å²) in [6.07, 6.45) is 5.19. The molecule has 1 atom stereocenters. The van der Waals surface area contributed by atoms with Crippen molar-refractivity contribution in [3.05, 3.63) is 46.2 Å². The first kappa shape index (κ1) is 21.8. The normalized spacial score (nSPS) is 18.0. The summed E-state index contributed by atoms with van der Waals surface area (Å²) in [7, 11) is -3.73. The van der Waals surface area contributed by atoms with Gasteiger partial charge in [-0.15, -0.1) is 0 Å². The lowest BCUT2D eigenvalue weighted by Crippen LogP contribution is -2.39. The van der Waals surface area contributed by atoms with Gasteiger partial charge in [0.05, 0.1) is 11.2 Å². The molecule has 1 aliphatic heterocycles.